The number of carbonyl (C=O) groups is 3. The highest BCUT2D eigenvalue weighted by molar-refractivity contribution is 5.98. The summed E-state index contributed by atoms with van der Waals surface area (Å²) < 4.78 is 10.4. The summed E-state index contributed by atoms with van der Waals surface area (Å²) in [5.41, 5.74) is 2.81. The van der Waals surface area contributed by atoms with E-state index in [1.807, 2.05) is 26.0 Å². The third-order valence-electron chi connectivity index (χ3n) is 4.26. The van der Waals surface area contributed by atoms with Crippen molar-refractivity contribution < 1.29 is 23.9 Å². The molecule has 7 heteroatoms. The van der Waals surface area contributed by atoms with Crippen molar-refractivity contribution in [2.75, 3.05) is 12.4 Å². The van der Waals surface area contributed by atoms with Crippen LogP contribution in [0.15, 0.2) is 42.5 Å². The molecular weight excluding hydrogens is 372 g/mol. The van der Waals surface area contributed by atoms with Crippen LogP contribution in [0.4, 0.5) is 5.69 Å². The maximum atomic E-state index is 12.4. The number of hydrogen-bond donors (Lipinski definition) is 2. The Morgan fingerprint density at radius 1 is 0.966 bits per heavy atom. The molecule has 0 aromatic heterocycles. The van der Waals surface area contributed by atoms with Gasteiger partial charge in [-0.25, -0.2) is 4.79 Å². The van der Waals surface area contributed by atoms with Gasteiger partial charge in [0.05, 0.1) is 12.8 Å². The summed E-state index contributed by atoms with van der Waals surface area (Å²) in [4.78, 5) is 36.9. The van der Waals surface area contributed by atoms with Crippen molar-refractivity contribution in [2.24, 2.45) is 0 Å². The number of hydrogen-bond acceptors (Lipinski definition) is 5. The number of aryl methyl sites for hydroxylation is 2. The van der Waals surface area contributed by atoms with Crippen LogP contribution in [-0.4, -0.2) is 37.0 Å². The second kappa shape index (κ2) is 9.73. The molecule has 0 aliphatic rings. The van der Waals surface area contributed by atoms with Gasteiger partial charge in [0.15, 0.2) is 6.10 Å². The second-order valence-electron chi connectivity index (χ2n) is 6.84. The zero-order valence-electron chi connectivity index (χ0n) is 17.2. The molecule has 2 N–H and O–H groups in total. The Kier molecular flexibility index (Phi) is 7.36. The van der Waals surface area contributed by atoms with Crippen molar-refractivity contribution in [1.82, 2.24) is 5.32 Å². The Hall–Kier alpha value is -3.35. The highest BCUT2D eigenvalue weighted by atomic mass is 16.5. The molecule has 0 saturated heterocycles. The van der Waals surface area contributed by atoms with E-state index in [0.29, 0.717) is 17.0 Å². The molecule has 0 unspecified atom stereocenters. The molecule has 0 radical (unpaired) electrons. The van der Waals surface area contributed by atoms with Crippen molar-refractivity contribution >= 4 is 23.5 Å². The second-order valence-corrected chi connectivity index (χ2v) is 6.84. The molecule has 29 heavy (non-hydrogen) atoms. The Balaban J connectivity index is 1.94. The molecule has 2 amide bonds. The van der Waals surface area contributed by atoms with Crippen molar-refractivity contribution in [3.05, 3.63) is 59.2 Å². The predicted octanol–water partition coefficient (Wildman–Crippen LogP) is 3.00. The Morgan fingerprint density at radius 2 is 1.66 bits per heavy atom. The van der Waals surface area contributed by atoms with Crippen molar-refractivity contribution in [1.29, 1.82) is 0 Å². The van der Waals surface area contributed by atoms with E-state index in [9.17, 15) is 14.4 Å². The molecule has 0 heterocycles. The predicted molar refractivity (Wildman–Crippen MR) is 110 cm³/mol. The number of rotatable bonds is 7. The minimum Gasteiger partial charge on any atom is -0.495 e. The van der Waals surface area contributed by atoms with Gasteiger partial charge in [-0.15, -0.1) is 0 Å². The first-order chi connectivity index (χ1) is 13.7. The molecule has 0 aliphatic heterocycles. The lowest BCUT2D eigenvalue weighted by molar-refractivity contribution is -0.154. The van der Waals surface area contributed by atoms with E-state index in [4.69, 9.17) is 9.47 Å². The third kappa shape index (κ3) is 6.07. The van der Waals surface area contributed by atoms with Gasteiger partial charge in [-0.2, -0.15) is 0 Å². The summed E-state index contributed by atoms with van der Waals surface area (Å²) in [5.74, 6) is -1.09. The van der Waals surface area contributed by atoms with Crippen LogP contribution in [0, 0.1) is 13.8 Å². The molecule has 154 valence electrons. The molecule has 7 nitrogen and oxygen atoms in total. The van der Waals surface area contributed by atoms with Gasteiger partial charge in [-0.3, -0.25) is 9.59 Å². The molecule has 0 fully saturated rings. The first-order valence-electron chi connectivity index (χ1n) is 9.24. The molecular formula is C22H26N2O5. The van der Waals surface area contributed by atoms with Crippen LogP contribution in [0.2, 0.25) is 0 Å². The Bertz CT molecular complexity index is 910. The maximum absolute atomic E-state index is 12.4. The fourth-order valence-corrected chi connectivity index (χ4v) is 2.61. The number of amides is 2. The average Bonchev–Trinajstić information content (AvgIpc) is 2.67. The lowest BCUT2D eigenvalue weighted by Crippen LogP contribution is -2.42. The van der Waals surface area contributed by atoms with Crippen LogP contribution in [0.1, 0.15) is 35.3 Å². The van der Waals surface area contributed by atoms with Crippen LogP contribution in [-0.2, 0) is 14.3 Å². The van der Waals surface area contributed by atoms with Gasteiger partial charge < -0.3 is 20.1 Å². The summed E-state index contributed by atoms with van der Waals surface area (Å²) in [6, 6.07) is 11.5. The monoisotopic (exact) mass is 398 g/mol. The number of anilines is 1. The first-order valence-corrected chi connectivity index (χ1v) is 9.24. The van der Waals surface area contributed by atoms with E-state index in [0.717, 1.165) is 11.1 Å². The SMILES string of the molecule is COc1ccc(C)cc1NC(=O)[C@@H](C)OC(=O)[C@H](C)NC(=O)c1cccc(C)c1. The Morgan fingerprint density at radius 3 is 2.31 bits per heavy atom. The van der Waals surface area contributed by atoms with Gasteiger partial charge in [-0.05, 0) is 57.5 Å². The number of esters is 1. The summed E-state index contributed by atoms with van der Waals surface area (Å²) in [5, 5.41) is 5.27. The Labute approximate surface area is 170 Å². The minimum absolute atomic E-state index is 0.389. The van der Waals surface area contributed by atoms with E-state index in [2.05, 4.69) is 10.6 Å². The highest BCUT2D eigenvalue weighted by Crippen LogP contribution is 2.25. The number of methoxy groups -OCH3 is 1. The topological polar surface area (TPSA) is 93.7 Å². The molecule has 0 bridgehead atoms. The quantitative estimate of drug-likeness (QED) is 0.700. The van der Waals surface area contributed by atoms with Crippen molar-refractivity contribution in [3.63, 3.8) is 0 Å². The van der Waals surface area contributed by atoms with Gasteiger partial charge in [0.1, 0.15) is 11.8 Å². The number of nitrogens with one attached hydrogen (secondary N) is 2. The average molecular weight is 398 g/mol. The van der Waals surface area contributed by atoms with E-state index in [1.54, 1.807) is 30.3 Å². The summed E-state index contributed by atoms with van der Waals surface area (Å²) >= 11 is 0. The lowest BCUT2D eigenvalue weighted by Gasteiger charge is -2.18. The zero-order chi connectivity index (χ0) is 21.6. The minimum atomic E-state index is -1.05. The molecule has 2 rings (SSSR count). The van der Waals surface area contributed by atoms with E-state index in [-0.39, 0.29) is 5.91 Å². The van der Waals surface area contributed by atoms with Crippen molar-refractivity contribution in [3.8, 4) is 5.75 Å². The van der Waals surface area contributed by atoms with Gasteiger partial charge >= 0.3 is 5.97 Å². The van der Waals surface area contributed by atoms with E-state index in [1.165, 1.54) is 21.0 Å². The molecule has 2 aromatic carbocycles. The smallest absolute Gasteiger partial charge is 0.329 e. The molecule has 0 spiro atoms. The van der Waals surface area contributed by atoms with Gasteiger partial charge in [0.2, 0.25) is 0 Å². The van der Waals surface area contributed by atoms with E-state index >= 15 is 0 Å². The third-order valence-corrected chi connectivity index (χ3v) is 4.26. The number of carbonyl (C=O) groups excluding carboxylic acids is 3. The fraction of sp³-hybridized carbons (Fsp3) is 0.318. The standard InChI is InChI=1S/C22H26N2O5/c1-13-7-6-8-17(11-13)21(26)23-15(3)22(27)29-16(4)20(25)24-18-12-14(2)9-10-19(18)28-5/h6-12,15-16H,1-5H3,(H,23,26)(H,24,25)/t15-,16+/m0/s1. The maximum Gasteiger partial charge on any atom is 0.329 e. The summed E-state index contributed by atoms with van der Waals surface area (Å²) in [6.45, 7) is 6.73. The summed E-state index contributed by atoms with van der Waals surface area (Å²) in [6.07, 6.45) is -1.05. The number of ether oxygens (including phenoxy) is 2. The van der Waals surface area contributed by atoms with Crippen molar-refractivity contribution in [2.45, 2.75) is 39.8 Å². The van der Waals surface area contributed by atoms with Crippen LogP contribution < -0.4 is 15.4 Å². The van der Waals surface area contributed by atoms with Gasteiger partial charge in [-0.1, -0.05) is 23.8 Å². The highest BCUT2D eigenvalue weighted by Gasteiger charge is 2.24. The van der Waals surface area contributed by atoms with Crippen LogP contribution in [0.3, 0.4) is 0 Å². The zero-order valence-corrected chi connectivity index (χ0v) is 17.2. The molecule has 2 atom stereocenters. The van der Waals surface area contributed by atoms with Gasteiger partial charge in [0, 0.05) is 5.56 Å². The largest absolute Gasteiger partial charge is 0.495 e. The number of benzene rings is 2. The first kappa shape index (κ1) is 21.9. The van der Waals surface area contributed by atoms with E-state index < -0.39 is 24.0 Å². The summed E-state index contributed by atoms with van der Waals surface area (Å²) in [7, 11) is 1.50. The fourth-order valence-electron chi connectivity index (χ4n) is 2.61. The molecule has 0 aliphatic carbocycles. The van der Waals surface area contributed by atoms with Crippen LogP contribution in [0.5, 0.6) is 5.75 Å². The van der Waals surface area contributed by atoms with Crippen LogP contribution in [0.25, 0.3) is 0 Å². The molecule has 0 saturated carbocycles. The lowest BCUT2D eigenvalue weighted by atomic mass is 10.1. The normalized spacial score (nSPS) is 12.4. The van der Waals surface area contributed by atoms with Gasteiger partial charge in [0.25, 0.3) is 11.8 Å². The van der Waals surface area contributed by atoms with Crippen LogP contribution >= 0.6 is 0 Å². The molecule has 2 aromatic rings.